The minimum Gasteiger partial charge on any atom is -0.399 e. The highest BCUT2D eigenvalue weighted by molar-refractivity contribution is 5.77. The van der Waals surface area contributed by atoms with Gasteiger partial charge >= 0.3 is 0 Å². The van der Waals surface area contributed by atoms with Gasteiger partial charge in [0.15, 0.2) is 0 Å². The third kappa shape index (κ3) is 19.7. The van der Waals surface area contributed by atoms with Crippen molar-refractivity contribution in [3.63, 3.8) is 0 Å². The molecule has 0 aromatic heterocycles. The van der Waals surface area contributed by atoms with Gasteiger partial charge in [0.25, 0.3) is 0 Å². The number of amides is 2. The molecule has 1 atom stereocenters. The van der Waals surface area contributed by atoms with E-state index in [1.807, 2.05) is 0 Å². The van der Waals surface area contributed by atoms with Gasteiger partial charge < -0.3 is 55.8 Å². The largest absolute Gasteiger partial charge is 0.399 e. The Morgan fingerprint density at radius 2 is 1.41 bits per heavy atom. The predicted molar refractivity (Wildman–Crippen MR) is 147 cm³/mol. The van der Waals surface area contributed by atoms with Gasteiger partial charge in [0, 0.05) is 38.8 Å². The number of hydrogen-bond donors (Lipinski definition) is 5. The van der Waals surface area contributed by atoms with E-state index in [4.69, 9.17) is 39.9 Å². The zero-order chi connectivity index (χ0) is 28.4. The SMILES string of the molecule is CNC(=O)CCOCCOCCNC(=O)COC1CCCCCC(NCCOCCOCCOCCN)=C1N. The van der Waals surface area contributed by atoms with Crippen molar-refractivity contribution in [2.45, 2.75) is 44.6 Å². The number of ether oxygens (including phenoxy) is 6. The summed E-state index contributed by atoms with van der Waals surface area (Å²) < 4.78 is 32.9. The first kappa shape index (κ1) is 35.0. The standard InChI is InChI=1S/C26H51N5O8/c1-29-24(32)7-11-34-15-17-37-14-10-31-25(33)21-39-23-6-4-2-3-5-22(26(23)28)30-9-13-36-18-20-38-19-16-35-12-8-27/h23,30H,2-21,27-28H2,1H3,(H,29,32)(H,31,33). The lowest BCUT2D eigenvalue weighted by Crippen LogP contribution is -2.35. The molecule has 1 aliphatic carbocycles. The van der Waals surface area contributed by atoms with Crippen molar-refractivity contribution in [2.24, 2.45) is 11.5 Å². The Balaban J connectivity index is 2.18. The smallest absolute Gasteiger partial charge is 0.246 e. The van der Waals surface area contributed by atoms with Crippen molar-refractivity contribution in [1.29, 1.82) is 0 Å². The Hall–Kier alpha value is -2.00. The van der Waals surface area contributed by atoms with E-state index < -0.39 is 0 Å². The first-order chi connectivity index (χ1) is 19.1. The maximum absolute atomic E-state index is 12.2. The summed E-state index contributed by atoms with van der Waals surface area (Å²) in [6, 6.07) is 0. The second-order valence-electron chi connectivity index (χ2n) is 8.88. The van der Waals surface area contributed by atoms with Crippen LogP contribution in [0.1, 0.15) is 38.5 Å². The molecule has 1 rings (SSSR count). The average molecular weight is 562 g/mol. The van der Waals surface area contributed by atoms with Gasteiger partial charge in [-0.05, 0) is 19.3 Å². The molecule has 1 unspecified atom stereocenters. The lowest BCUT2D eigenvalue weighted by molar-refractivity contribution is -0.127. The zero-order valence-corrected chi connectivity index (χ0v) is 23.6. The van der Waals surface area contributed by atoms with Crippen LogP contribution in [0.25, 0.3) is 0 Å². The van der Waals surface area contributed by atoms with Gasteiger partial charge in [-0.25, -0.2) is 0 Å². The molecule has 0 saturated carbocycles. The summed E-state index contributed by atoms with van der Waals surface area (Å²) in [7, 11) is 1.59. The Labute approximate surface area is 233 Å². The third-order valence-electron chi connectivity index (χ3n) is 5.79. The summed E-state index contributed by atoms with van der Waals surface area (Å²) in [5, 5.41) is 8.70. The summed E-state index contributed by atoms with van der Waals surface area (Å²) in [5.74, 6) is -0.277. The number of nitrogens with one attached hydrogen (secondary N) is 3. The predicted octanol–water partition coefficient (Wildman–Crippen LogP) is -0.610. The van der Waals surface area contributed by atoms with Gasteiger partial charge in [0.1, 0.15) is 6.61 Å². The van der Waals surface area contributed by atoms with E-state index in [0.29, 0.717) is 97.8 Å². The van der Waals surface area contributed by atoms with E-state index in [1.54, 1.807) is 7.05 Å². The van der Waals surface area contributed by atoms with Gasteiger partial charge in [-0.2, -0.15) is 0 Å². The first-order valence-electron chi connectivity index (χ1n) is 14.0. The van der Waals surface area contributed by atoms with E-state index in [-0.39, 0.29) is 24.5 Å². The molecule has 1 aliphatic rings. The molecule has 13 heteroatoms. The molecule has 0 aromatic carbocycles. The molecular formula is C26H51N5O8. The van der Waals surface area contributed by atoms with E-state index in [0.717, 1.165) is 37.8 Å². The molecule has 2 amide bonds. The van der Waals surface area contributed by atoms with Crippen LogP contribution in [0.2, 0.25) is 0 Å². The number of allylic oxidation sites excluding steroid dienone is 1. The Kier molecular flexibility index (Phi) is 22.5. The van der Waals surface area contributed by atoms with Crippen LogP contribution >= 0.6 is 0 Å². The summed E-state index contributed by atoms with van der Waals surface area (Å²) >= 11 is 0. The topological polar surface area (TPSA) is 178 Å². The quantitative estimate of drug-likeness (QED) is 0.0950. The molecule has 0 radical (unpaired) electrons. The Morgan fingerprint density at radius 1 is 0.795 bits per heavy atom. The molecule has 0 aromatic rings. The van der Waals surface area contributed by atoms with Crippen LogP contribution in [0.5, 0.6) is 0 Å². The van der Waals surface area contributed by atoms with Gasteiger partial charge in [-0.1, -0.05) is 12.8 Å². The molecule has 13 nitrogen and oxygen atoms in total. The second-order valence-corrected chi connectivity index (χ2v) is 8.88. The molecule has 0 aliphatic heterocycles. The monoisotopic (exact) mass is 561 g/mol. The van der Waals surface area contributed by atoms with Crippen LogP contribution in [0, 0.1) is 0 Å². The second kappa shape index (κ2) is 25.0. The summed E-state index contributed by atoms with van der Waals surface area (Å²) in [5.41, 5.74) is 13.4. The third-order valence-corrected chi connectivity index (χ3v) is 5.79. The van der Waals surface area contributed by atoms with E-state index >= 15 is 0 Å². The van der Waals surface area contributed by atoms with Crippen LogP contribution in [-0.2, 0) is 38.0 Å². The minimum absolute atomic E-state index is 0.0610. The van der Waals surface area contributed by atoms with Crippen LogP contribution in [0.3, 0.4) is 0 Å². The number of carbonyl (C=O) groups excluding carboxylic acids is 2. The van der Waals surface area contributed by atoms with Crippen LogP contribution in [0.4, 0.5) is 0 Å². The maximum atomic E-state index is 12.2. The van der Waals surface area contributed by atoms with Crippen molar-refractivity contribution in [1.82, 2.24) is 16.0 Å². The summed E-state index contributed by atoms with van der Waals surface area (Å²) in [6.07, 6.45) is 4.77. The van der Waals surface area contributed by atoms with Crippen molar-refractivity contribution < 1.29 is 38.0 Å². The lowest BCUT2D eigenvalue weighted by atomic mass is 9.99. The van der Waals surface area contributed by atoms with Crippen LogP contribution in [-0.4, -0.2) is 117 Å². The molecule has 0 bridgehead atoms. The van der Waals surface area contributed by atoms with Crippen molar-refractivity contribution in [3.8, 4) is 0 Å². The first-order valence-corrected chi connectivity index (χ1v) is 14.0. The fourth-order valence-corrected chi connectivity index (χ4v) is 3.67. The molecule has 7 N–H and O–H groups in total. The fraction of sp³-hybridized carbons (Fsp3) is 0.846. The van der Waals surface area contributed by atoms with Gasteiger partial charge in [-0.3, -0.25) is 9.59 Å². The van der Waals surface area contributed by atoms with Crippen molar-refractivity contribution in [2.75, 3.05) is 99.4 Å². The summed E-state index contributed by atoms with van der Waals surface area (Å²) in [6.45, 7) is 6.08. The number of hydrogen-bond acceptors (Lipinski definition) is 11. The molecule has 0 saturated heterocycles. The van der Waals surface area contributed by atoms with E-state index in [1.165, 1.54) is 0 Å². The van der Waals surface area contributed by atoms with Gasteiger partial charge in [0.05, 0.1) is 77.9 Å². The lowest BCUT2D eigenvalue weighted by Gasteiger charge is -2.25. The van der Waals surface area contributed by atoms with Crippen molar-refractivity contribution >= 4 is 11.8 Å². The molecule has 0 fully saturated rings. The summed E-state index contributed by atoms with van der Waals surface area (Å²) in [4.78, 5) is 23.3. The van der Waals surface area contributed by atoms with Crippen molar-refractivity contribution in [3.05, 3.63) is 11.4 Å². The van der Waals surface area contributed by atoms with Gasteiger partial charge in [-0.15, -0.1) is 0 Å². The fourth-order valence-electron chi connectivity index (χ4n) is 3.67. The number of rotatable bonds is 24. The average Bonchev–Trinajstić information content (AvgIpc) is 2.93. The normalized spacial score (nSPS) is 16.0. The zero-order valence-electron chi connectivity index (χ0n) is 23.6. The maximum Gasteiger partial charge on any atom is 0.246 e. The highest BCUT2D eigenvalue weighted by atomic mass is 16.5. The van der Waals surface area contributed by atoms with Crippen LogP contribution in [0.15, 0.2) is 11.4 Å². The van der Waals surface area contributed by atoms with Crippen LogP contribution < -0.4 is 27.4 Å². The Bertz CT molecular complexity index is 668. The number of nitrogens with two attached hydrogens (primary N) is 2. The van der Waals surface area contributed by atoms with E-state index in [9.17, 15) is 9.59 Å². The Morgan fingerprint density at radius 3 is 2.08 bits per heavy atom. The molecule has 39 heavy (non-hydrogen) atoms. The highest BCUT2D eigenvalue weighted by Crippen LogP contribution is 2.21. The van der Waals surface area contributed by atoms with Gasteiger partial charge in [0.2, 0.25) is 11.8 Å². The molecular weight excluding hydrogens is 510 g/mol. The highest BCUT2D eigenvalue weighted by Gasteiger charge is 2.20. The molecule has 228 valence electrons. The number of carbonyl (C=O) groups is 2. The van der Waals surface area contributed by atoms with E-state index in [2.05, 4.69) is 16.0 Å². The molecule has 0 spiro atoms. The molecule has 0 heterocycles. The minimum atomic E-state index is -0.308.